The number of carbonyl (C=O) groups is 2. The van der Waals surface area contributed by atoms with Crippen LogP contribution in [-0.2, 0) is 20.7 Å². The molecule has 1 heterocycles. The van der Waals surface area contributed by atoms with Crippen LogP contribution in [0.3, 0.4) is 0 Å². The van der Waals surface area contributed by atoms with Crippen LogP contribution in [0.2, 0.25) is 0 Å². The van der Waals surface area contributed by atoms with Crippen molar-refractivity contribution in [2.24, 2.45) is 5.41 Å². The molecule has 0 aromatic heterocycles. The summed E-state index contributed by atoms with van der Waals surface area (Å²) in [5, 5.41) is 9.41. The van der Waals surface area contributed by atoms with Gasteiger partial charge in [-0.25, -0.2) is 0 Å². The van der Waals surface area contributed by atoms with E-state index >= 15 is 0 Å². The van der Waals surface area contributed by atoms with Gasteiger partial charge in [0.05, 0.1) is 6.61 Å². The fourth-order valence-electron chi connectivity index (χ4n) is 2.88. The molecule has 1 unspecified atom stereocenters. The lowest BCUT2D eigenvalue weighted by molar-refractivity contribution is -0.151. The van der Waals surface area contributed by atoms with Crippen molar-refractivity contribution in [2.75, 3.05) is 26.8 Å². The van der Waals surface area contributed by atoms with Gasteiger partial charge in [-0.1, -0.05) is 29.8 Å². The van der Waals surface area contributed by atoms with E-state index in [4.69, 9.17) is 4.74 Å². The number of likely N-dealkylation sites (tertiary alicyclic amines) is 1. The first-order valence-corrected chi connectivity index (χ1v) is 7.52. The van der Waals surface area contributed by atoms with Crippen LogP contribution in [0.1, 0.15) is 24.0 Å². The molecule has 1 amide bonds. The molecular formula is C17H23NO4. The quantitative estimate of drug-likeness (QED) is 0.871. The van der Waals surface area contributed by atoms with Gasteiger partial charge in [0.15, 0.2) is 0 Å². The summed E-state index contributed by atoms with van der Waals surface area (Å²) in [4.78, 5) is 25.4. The van der Waals surface area contributed by atoms with Gasteiger partial charge in [-0.15, -0.1) is 0 Å². The molecule has 0 bridgehead atoms. The van der Waals surface area contributed by atoms with Crippen molar-refractivity contribution in [1.29, 1.82) is 0 Å². The summed E-state index contributed by atoms with van der Waals surface area (Å²) in [6, 6.07) is 8.12. The van der Waals surface area contributed by atoms with E-state index in [1.807, 2.05) is 31.2 Å². The Morgan fingerprint density at radius 3 is 2.59 bits per heavy atom. The predicted molar refractivity (Wildman–Crippen MR) is 82.6 cm³/mol. The highest BCUT2D eigenvalue weighted by molar-refractivity contribution is 5.81. The highest BCUT2D eigenvalue weighted by atomic mass is 16.5. The maximum atomic E-state index is 12.3. The molecular weight excluding hydrogens is 282 g/mol. The molecule has 2 rings (SSSR count). The first kappa shape index (κ1) is 16.5. The van der Waals surface area contributed by atoms with E-state index in [0.717, 1.165) is 5.56 Å². The van der Waals surface area contributed by atoms with Gasteiger partial charge in [-0.3, -0.25) is 9.59 Å². The van der Waals surface area contributed by atoms with Crippen molar-refractivity contribution in [3.63, 3.8) is 0 Å². The number of ether oxygens (including phenoxy) is 1. The zero-order valence-corrected chi connectivity index (χ0v) is 13.2. The Kier molecular flexibility index (Phi) is 5.19. The van der Waals surface area contributed by atoms with Crippen LogP contribution >= 0.6 is 0 Å². The van der Waals surface area contributed by atoms with Crippen molar-refractivity contribution in [1.82, 2.24) is 4.90 Å². The number of hydrogen-bond acceptors (Lipinski definition) is 3. The normalized spacial score (nSPS) is 21.1. The predicted octanol–water partition coefficient (Wildman–Crippen LogP) is 1.88. The van der Waals surface area contributed by atoms with E-state index < -0.39 is 11.4 Å². The Balaban J connectivity index is 1.91. The van der Waals surface area contributed by atoms with Gasteiger partial charge < -0.3 is 14.7 Å². The molecule has 1 aromatic carbocycles. The Hall–Kier alpha value is -1.88. The minimum absolute atomic E-state index is 0.0137. The summed E-state index contributed by atoms with van der Waals surface area (Å²) in [7, 11) is 1.49. The molecule has 5 heteroatoms. The van der Waals surface area contributed by atoms with Gasteiger partial charge in [0, 0.05) is 26.6 Å². The van der Waals surface area contributed by atoms with Crippen LogP contribution in [-0.4, -0.2) is 48.7 Å². The maximum Gasteiger partial charge on any atom is 0.313 e. The topological polar surface area (TPSA) is 66.8 Å². The van der Waals surface area contributed by atoms with E-state index in [9.17, 15) is 14.7 Å². The van der Waals surface area contributed by atoms with E-state index in [1.54, 1.807) is 4.90 Å². The Labute approximate surface area is 130 Å². The molecule has 22 heavy (non-hydrogen) atoms. The first-order valence-electron chi connectivity index (χ1n) is 7.52. The van der Waals surface area contributed by atoms with E-state index in [2.05, 4.69) is 0 Å². The smallest absolute Gasteiger partial charge is 0.313 e. The number of aliphatic carboxylic acids is 1. The molecule has 0 spiro atoms. The lowest BCUT2D eigenvalue weighted by Crippen LogP contribution is -2.40. The molecule has 1 aromatic rings. The number of carboxylic acid groups (broad SMARTS) is 1. The number of carboxylic acids is 1. The van der Waals surface area contributed by atoms with Crippen molar-refractivity contribution in [3.05, 3.63) is 35.4 Å². The summed E-state index contributed by atoms with van der Waals surface area (Å²) in [5.41, 5.74) is 1.37. The van der Waals surface area contributed by atoms with Crippen LogP contribution in [0, 0.1) is 12.3 Å². The van der Waals surface area contributed by atoms with Gasteiger partial charge in [-0.2, -0.15) is 0 Å². The number of nitrogens with zero attached hydrogens (tertiary/aromatic N) is 1. The van der Waals surface area contributed by atoms with E-state index in [1.165, 1.54) is 12.7 Å². The van der Waals surface area contributed by atoms with Crippen LogP contribution in [0.4, 0.5) is 0 Å². The van der Waals surface area contributed by atoms with Gasteiger partial charge in [0.25, 0.3) is 0 Å². The molecule has 1 N–H and O–H groups in total. The fourth-order valence-corrected chi connectivity index (χ4v) is 2.88. The summed E-state index contributed by atoms with van der Waals surface area (Å²) in [6.45, 7) is 2.90. The van der Waals surface area contributed by atoms with Gasteiger partial charge in [0.2, 0.25) is 5.91 Å². The summed E-state index contributed by atoms with van der Waals surface area (Å²) in [6.07, 6.45) is 1.54. The third kappa shape index (κ3) is 3.65. The molecule has 120 valence electrons. The van der Waals surface area contributed by atoms with Gasteiger partial charge in [0.1, 0.15) is 5.41 Å². The highest BCUT2D eigenvalue weighted by Gasteiger charge is 2.46. The number of methoxy groups -OCH3 is 1. The number of hydrogen-bond donors (Lipinski definition) is 1. The molecule has 1 atom stereocenters. The summed E-state index contributed by atoms with van der Waals surface area (Å²) < 4.78 is 5.04. The average molecular weight is 305 g/mol. The molecule has 0 saturated carbocycles. The first-order chi connectivity index (χ1) is 10.5. The zero-order chi connectivity index (χ0) is 16.2. The lowest BCUT2D eigenvalue weighted by atomic mass is 9.88. The number of aryl methyl sites for hydroxylation is 2. The van der Waals surface area contributed by atoms with E-state index in [0.29, 0.717) is 25.8 Å². The van der Waals surface area contributed by atoms with E-state index in [-0.39, 0.29) is 19.1 Å². The molecule has 1 fully saturated rings. The van der Waals surface area contributed by atoms with Gasteiger partial charge in [-0.05, 0) is 25.3 Å². The molecule has 5 nitrogen and oxygen atoms in total. The largest absolute Gasteiger partial charge is 0.481 e. The molecule has 1 saturated heterocycles. The number of carbonyl (C=O) groups excluding carboxylic acids is 1. The number of benzene rings is 1. The van der Waals surface area contributed by atoms with Crippen molar-refractivity contribution in [2.45, 2.75) is 26.2 Å². The van der Waals surface area contributed by atoms with Crippen LogP contribution in [0.15, 0.2) is 24.3 Å². The Morgan fingerprint density at radius 2 is 2.00 bits per heavy atom. The van der Waals surface area contributed by atoms with Crippen LogP contribution in [0.5, 0.6) is 0 Å². The van der Waals surface area contributed by atoms with Crippen molar-refractivity contribution in [3.8, 4) is 0 Å². The third-order valence-corrected chi connectivity index (χ3v) is 4.33. The monoisotopic (exact) mass is 305 g/mol. The maximum absolute atomic E-state index is 12.3. The second-order valence-corrected chi connectivity index (χ2v) is 6.07. The second kappa shape index (κ2) is 6.92. The van der Waals surface area contributed by atoms with Crippen molar-refractivity contribution >= 4 is 11.9 Å². The van der Waals surface area contributed by atoms with Crippen LogP contribution in [0.25, 0.3) is 0 Å². The molecule has 0 radical (unpaired) electrons. The molecule has 1 aliphatic rings. The van der Waals surface area contributed by atoms with Crippen LogP contribution < -0.4 is 0 Å². The number of amides is 1. The molecule has 1 aliphatic heterocycles. The SMILES string of the molecule is COCC1(C(=O)O)CCN(C(=O)CCc2ccc(C)cc2)C1. The zero-order valence-electron chi connectivity index (χ0n) is 13.2. The lowest BCUT2D eigenvalue weighted by Gasteiger charge is -2.23. The Bertz CT molecular complexity index is 540. The Morgan fingerprint density at radius 1 is 1.32 bits per heavy atom. The average Bonchev–Trinajstić information content (AvgIpc) is 2.92. The van der Waals surface area contributed by atoms with Crippen molar-refractivity contribution < 1.29 is 19.4 Å². The summed E-state index contributed by atoms with van der Waals surface area (Å²) in [5.74, 6) is -0.872. The molecule has 0 aliphatic carbocycles. The number of rotatable bonds is 6. The third-order valence-electron chi connectivity index (χ3n) is 4.33. The second-order valence-electron chi connectivity index (χ2n) is 6.07. The minimum Gasteiger partial charge on any atom is -0.481 e. The van der Waals surface area contributed by atoms with Gasteiger partial charge >= 0.3 is 5.97 Å². The fraction of sp³-hybridized carbons (Fsp3) is 0.529. The standard InChI is InChI=1S/C17H23NO4/c1-13-3-5-14(6-4-13)7-8-15(19)18-10-9-17(11-18,12-22-2)16(20)21/h3-6H,7-12H2,1-2H3,(H,20,21). The highest BCUT2D eigenvalue weighted by Crippen LogP contribution is 2.31. The minimum atomic E-state index is -0.950. The summed E-state index contributed by atoms with van der Waals surface area (Å²) >= 11 is 0.